The van der Waals surface area contributed by atoms with Gasteiger partial charge in [0.15, 0.2) is 0 Å². The van der Waals surface area contributed by atoms with Crippen LogP contribution in [0.25, 0.3) is 0 Å². The number of piperazine rings is 1. The van der Waals surface area contributed by atoms with E-state index in [-0.39, 0.29) is 6.54 Å². The lowest BCUT2D eigenvalue weighted by Gasteiger charge is -2.23. The molecule has 0 bridgehead atoms. The molecule has 1 heterocycles. The molecule has 5 heteroatoms. The summed E-state index contributed by atoms with van der Waals surface area (Å²) in [5.74, 6) is -1.25. The zero-order valence-corrected chi connectivity index (χ0v) is 5.87. The van der Waals surface area contributed by atoms with E-state index in [2.05, 4.69) is 5.32 Å². The van der Waals surface area contributed by atoms with Crippen LogP contribution in [0.4, 0.5) is 0 Å². The van der Waals surface area contributed by atoms with Crippen LogP contribution in [0, 0.1) is 0 Å². The highest BCUT2D eigenvalue weighted by Crippen LogP contribution is 1.92. The third-order valence-electron chi connectivity index (χ3n) is 1.44. The molecule has 1 aliphatic rings. The lowest BCUT2D eigenvalue weighted by Crippen LogP contribution is -2.52. The molecule has 0 saturated carbocycles. The van der Waals surface area contributed by atoms with Crippen LogP contribution in [0.5, 0.6) is 0 Å². The van der Waals surface area contributed by atoms with E-state index in [0.29, 0.717) is 19.4 Å². The van der Waals surface area contributed by atoms with Gasteiger partial charge in [0.1, 0.15) is 6.29 Å². The molecule has 5 nitrogen and oxygen atoms in total. The minimum absolute atomic E-state index is 0.00620. The second-order valence-electron chi connectivity index (χ2n) is 2.17. The summed E-state index contributed by atoms with van der Waals surface area (Å²) in [5, 5.41) is 2.37. The number of hydrogen-bond acceptors (Lipinski definition) is 3. The van der Waals surface area contributed by atoms with E-state index in [4.69, 9.17) is 0 Å². The fourth-order valence-electron chi connectivity index (χ4n) is 0.889. The first-order valence-corrected chi connectivity index (χ1v) is 3.26. The van der Waals surface area contributed by atoms with Gasteiger partial charge < -0.3 is 15.0 Å². The van der Waals surface area contributed by atoms with Crippen molar-refractivity contribution in [2.75, 3.05) is 19.6 Å². The summed E-state index contributed by atoms with van der Waals surface area (Å²) >= 11 is 0. The average Bonchev–Trinajstić information content (AvgIpc) is 1.99. The van der Waals surface area contributed by atoms with Gasteiger partial charge in [0.05, 0.1) is 6.54 Å². The minimum atomic E-state index is -0.627. The van der Waals surface area contributed by atoms with Gasteiger partial charge in [-0.05, 0) is 0 Å². The van der Waals surface area contributed by atoms with Gasteiger partial charge in [-0.15, -0.1) is 0 Å². The Morgan fingerprint density at radius 3 is 2.91 bits per heavy atom. The van der Waals surface area contributed by atoms with Crippen LogP contribution in [-0.2, 0) is 14.4 Å². The van der Waals surface area contributed by atoms with Gasteiger partial charge in [-0.1, -0.05) is 0 Å². The molecular formula is C6H8N2O3. The Morgan fingerprint density at radius 2 is 2.27 bits per heavy atom. The SMILES string of the molecule is O=CCN1CCNC(=O)C1=O. The maximum Gasteiger partial charge on any atom is 0.312 e. The zero-order valence-electron chi connectivity index (χ0n) is 5.87. The van der Waals surface area contributed by atoms with Crippen LogP contribution in [0.2, 0.25) is 0 Å². The lowest BCUT2D eigenvalue weighted by molar-refractivity contribution is -0.148. The van der Waals surface area contributed by atoms with E-state index in [9.17, 15) is 14.4 Å². The largest absolute Gasteiger partial charge is 0.346 e. The fraction of sp³-hybridized carbons (Fsp3) is 0.500. The molecule has 0 unspecified atom stereocenters. The molecule has 1 aliphatic heterocycles. The minimum Gasteiger partial charge on any atom is -0.346 e. The van der Waals surface area contributed by atoms with Crippen molar-refractivity contribution in [2.45, 2.75) is 0 Å². The van der Waals surface area contributed by atoms with E-state index in [0.717, 1.165) is 0 Å². The Hall–Kier alpha value is -1.39. The van der Waals surface area contributed by atoms with Crippen molar-refractivity contribution in [3.05, 3.63) is 0 Å². The number of carbonyl (C=O) groups is 3. The highest BCUT2D eigenvalue weighted by molar-refractivity contribution is 6.35. The van der Waals surface area contributed by atoms with Gasteiger partial charge in [0.25, 0.3) is 0 Å². The highest BCUT2D eigenvalue weighted by Gasteiger charge is 2.24. The molecule has 1 fully saturated rings. The quantitative estimate of drug-likeness (QED) is 0.377. The molecule has 11 heavy (non-hydrogen) atoms. The lowest BCUT2D eigenvalue weighted by atomic mass is 10.3. The van der Waals surface area contributed by atoms with E-state index >= 15 is 0 Å². The monoisotopic (exact) mass is 156 g/mol. The number of nitrogens with one attached hydrogen (secondary N) is 1. The maximum atomic E-state index is 10.9. The number of aldehydes is 1. The maximum absolute atomic E-state index is 10.9. The Balaban J connectivity index is 2.58. The van der Waals surface area contributed by atoms with E-state index in [1.54, 1.807) is 0 Å². The van der Waals surface area contributed by atoms with Gasteiger partial charge in [0.2, 0.25) is 0 Å². The standard InChI is InChI=1S/C6H8N2O3/c9-4-3-8-2-1-7-5(10)6(8)11/h4H,1-3H2,(H,7,10). The highest BCUT2D eigenvalue weighted by atomic mass is 16.2. The van der Waals surface area contributed by atoms with E-state index < -0.39 is 11.8 Å². The van der Waals surface area contributed by atoms with Crippen LogP contribution in [0.15, 0.2) is 0 Å². The van der Waals surface area contributed by atoms with Crippen LogP contribution < -0.4 is 5.32 Å². The first kappa shape index (κ1) is 7.71. The van der Waals surface area contributed by atoms with E-state index in [1.165, 1.54) is 4.90 Å². The summed E-state index contributed by atoms with van der Waals surface area (Å²) < 4.78 is 0. The third-order valence-corrected chi connectivity index (χ3v) is 1.44. The molecule has 2 amide bonds. The molecule has 1 N–H and O–H groups in total. The van der Waals surface area contributed by atoms with Gasteiger partial charge in [-0.3, -0.25) is 9.59 Å². The molecule has 0 aliphatic carbocycles. The van der Waals surface area contributed by atoms with Crippen LogP contribution in [0.3, 0.4) is 0 Å². The predicted molar refractivity (Wildman–Crippen MR) is 35.7 cm³/mol. The number of hydrogen-bond donors (Lipinski definition) is 1. The molecule has 0 radical (unpaired) electrons. The molecule has 0 atom stereocenters. The van der Waals surface area contributed by atoms with Crippen molar-refractivity contribution in [1.82, 2.24) is 10.2 Å². The molecule has 0 spiro atoms. The summed E-state index contributed by atoms with van der Waals surface area (Å²) in [5.41, 5.74) is 0. The van der Waals surface area contributed by atoms with Gasteiger partial charge in [-0.2, -0.15) is 0 Å². The summed E-state index contributed by atoms with van der Waals surface area (Å²) in [7, 11) is 0. The number of amides is 2. The Bertz CT molecular complexity index is 202. The average molecular weight is 156 g/mol. The van der Waals surface area contributed by atoms with Crippen molar-refractivity contribution in [2.24, 2.45) is 0 Å². The van der Waals surface area contributed by atoms with Crippen LogP contribution in [0.1, 0.15) is 0 Å². The van der Waals surface area contributed by atoms with Crippen molar-refractivity contribution in [3.8, 4) is 0 Å². The van der Waals surface area contributed by atoms with Crippen molar-refractivity contribution >= 4 is 18.1 Å². The number of rotatable bonds is 2. The first-order valence-electron chi connectivity index (χ1n) is 3.26. The molecule has 0 aromatic rings. The Labute approximate surface area is 63.4 Å². The van der Waals surface area contributed by atoms with E-state index in [1.807, 2.05) is 0 Å². The van der Waals surface area contributed by atoms with Crippen LogP contribution in [-0.4, -0.2) is 42.6 Å². The molecule has 1 saturated heterocycles. The van der Waals surface area contributed by atoms with Crippen LogP contribution >= 0.6 is 0 Å². The third kappa shape index (κ3) is 1.54. The summed E-state index contributed by atoms with van der Waals surface area (Å²) in [4.78, 5) is 32.7. The summed E-state index contributed by atoms with van der Waals surface area (Å²) in [6, 6.07) is 0. The smallest absolute Gasteiger partial charge is 0.312 e. The fourth-order valence-corrected chi connectivity index (χ4v) is 0.889. The van der Waals surface area contributed by atoms with Gasteiger partial charge >= 0.3 is 11.8 Å². The molecule has 0 aromatic carbocycles. The van der Waals surface area contributed by atoms with Crippen molar-refractivity contribution < 1.29 is 14.4 Å². The first-order chi connectivity index (χ1) is 5.25. The summed E-state index contributed by atoms with van der Waals surface area (Å²) in [6.45, 7) is 0.855. The number of nitrogens with zero attached hydrogens (tertiary/aromatic N) is 1. The van der Waals surface area contributed by atoms with Gasteiger partial charge in [-0.25, -0.2) is 0 Å². The topological polar surface area (TPSA) is 66.5 Å². The summed E-state index contributed by atoms with van der Waals surface area (Å²) in [6.07, 6.45) is 0.608. The molecule has 60 valence electrons. The van der Waals surface area contributed by atoms with Gasteiger partial charge in [0, 0.05) is 13.1 Å². The predicted octanol–water partition coefficient (Wildman–Crippen LogP) is -1.86. The number of carbonyl (C=O) groups excluding carboxylic acids is 3. The zero-order chi connectivity index (χ0) is 8.27. The Morgan fingerprint density at radius 1 is 1.55 bits per heavy atom. The van der Waals surface area contributed by atoms with Crippen molar-refractivity contribution in [1.29, 1.82) is 0 Å². The molecule has 1 rings (SSSR count). The molecular weight excluding hydrogens is 148 g/mol. The normalized spacial score (nSPS) is 18.0. The Kier molecular flexibility index (Phi) is 2.20. The second-order valence-corrected chi connectivity index (χ2v) is 2.17. The van der Waals surface area contributed by atoms with Crippen molar-refractivity contribution in [3.63, 3.8) is 0 Å². The second kappa shape index (κ2) is 3.14. The molecule has 0 aromatic heterocycles.